The smallest absolute Gasteiger partial charge is 0.0312 e. The van der Waals surface area contributed by atoms with Crippen molar-refractivity contribution in [1.29, 1.82) is 15.8 Å². The Morgan fingerprint density at radius 2 is 0.636 bits per heavy atom. The maximum Gasteiger partial charge on any atom is 2.00 e. The number of nitrogens with zero attached hydrogens (tertiary/aromatic N) is 3. The minimum Gasteiger partial charge on any atom is -0.0312 e. The van der Waals surface area contributed by atoms with Gasteiger partial charge in [-0.05, 0) is 32.1 Å². The summed E-state index contributed by atoms with van der Waals surface area (Å²) in [5, 5.41) is 22.0. The van der Waals surface area contributed by atoms with Crippen LogP contribution in [0.3, 0.4) is 0 Å². The van der Waals surface area contributed by atoms with Crippen LogP contribution in [-0.2, 0) is 19.5 Å². The van der Waals surface area contributed by atoms with E-state index in [2.05, 4.69) is 0 Å². The van der Waals surface area contributed by atoms with Gasteiger partial charge in [-0.2, -0.15) is 15.8 Å². The first-order valence-electron chi connectivity index (χ1n) is 4.85. The Balaban J connectivity index is -0.0000000572. The molecular formula is C11H14F6N3PRu+. The van der Waals surface area contributed by atoms with Gasteiger partial charge in [0.1, 0.15) is 0 Å². The van der Waals surface area contributed by atoms with Gasteiger partial charge in [0.15, 0.2) is 0 Å². The Bertz CT molecular complexity index is 311. The second-order valence-corrected chi connectivity index (χ2v) is 4.51. The fraction of sp³-hybridized carbons (Fsp3) is 0.273. The molecular weight excluding hydrogens is 420 g/mol. The second kappa shape index (κ2) is 15.0. The topological polar surface area (TPSA) is 71.4 Å². The molecule has 0 amide bonds. The van der Waals surface area contributed by atoms with Crippen molar-refractivity contribution in [2.24, 2.45) is 0 Å². The maximum absolute atomic E-state index is 10.7. The Morgan fingerprint density at radius 1 is 0.591 bits per heavy atom. The molecule has 0 bridgehead atoms. The summed E-state index contributed by atoms with van der Waals surface area (Å²) in [4.78, 5) is 0. The number of hydrogen-bond donors (Lipinski definition) is 0. The largest absolute Gasteiger partial charge is 2.00 e. The van der Waals surface area contributed by atoms with Crippen LogP contribution < -0.4 is 0 Å². The molecule has 3 nitrogen and oxygen atoms in total. The molecule has 1 aliphatic rings. The summed E-state index contributed by atoms with van der Waals surface area (Å²) >= 11 is 0. The monoisotopic (exact) mass is 435 g/mol. The molecule has 0 spiro atoms. The molecule has 0 aliphatic heterocycles. The standard InChI is InChI=1S/C5H5.3C2H3N.F6P.Ru/c1-2-4-5-3-1;3*1-2-3;1-7(2,3,4,5)6;/h1-5H;3*1H3;;/q;;;;-1;+2. The first kappa shape index (κ1) is 32.9. The van der Waals surface area contributed by atoms with E-state index in [1.54, 1.807) is 18.2 Å². The first-order chi connectivity index (χ1) is 9.19. The number of nitriles is 3. The van der Waals surface area contributed by atoms with Crippen LogP contribution in [0.5, 0.6) is 0 Å². The van der Waals surface area contributed by atoms with Gasteiger partial charge in [-0.25, -0.2) is 0 Å². The molecule has 0 aromatic carbocycles. The quantitative estimate of drug-likeness (QED) is 0.267. The van der Waals surface area contributed by atoms with E-state index < -0.39 is 7.81 Å². The zero-order valence-corrected chi connectivity index (χ0v) is 14.4. The molecule has 0 N–H and O–H groups in total. The third kappa shape index (κ3) is 372. The van der Waals surface area contributed by atoms with Gasteiger partial charge in [0.25, 0.3) is 0 Å². The summed E-state index contributed by atoms with van der Waals surface area (Å²) in [5.74, 6) is 0. The Labute approximate surface area is 139 Å². The summed E-state index contributed by atoms with van der Waals surface area (Å²) < 4.78 is 59.2. The van der Waals surface area contributed by atoms with Crippen LogP contribution in [-0.4, -0.2) is 0 Å². The van der Waals surface area contributed by atoms with Crippen molar-refractivity contribution >= 4 is 7.81 Å². The molecule has 1 rings (SSSR count). The molecule has 127 valence electrons. The van der Waals surface area contributed by atoms with Gasteiger partial charge >= 0.3 is 52.5 Å². The van der Waals surface area contributed by atoms with Crippen LogP contribution in [0.1, 0.15) is 20.8 Å². The molecule has 0 aromatic rings. The van der Waals surface area contributed by atoms with Crippen molar-refractivity contribution < 1.29 is 44.7 Å². The molecule has 1 aliphatic carbocycles. The molecule has 0 heterocycles. The summed E-state index contributed by atoms with van der Waals surface area (Å²) in [6, 6.07) is 5.25. The molecule has 0 unspecified atom stereocenters. The minimum atomic E-state index is -10.7. The normalized spacial score (nSPS) is 13.9. The molecule has 1 saturated carbocycles. The molecule has 0 atom stereocenters. The fourth-order valence-electron chi connectivity index (χ4n) is 0.321. The Kier molecular flexibility index (Phi) is 22.4. The average Bonchev–Trinajstić information content (AvgIpc) is 2.72. The van der Waals surface area contributed by atoms with E-state index in [-0.39, 0.29) is 19.5 Å². The summed E-state index contributed by atoms with van der Waals surface area (Å²) in [6.07, 6.45) is 10.0. The number of rotatable bonds is 0. The Hall–Kier alpha value is -0.897. The minimum absolute atomic E-state index is 0. The summed E-state index contributed by atoms with van der Waals surface area (Å²) in [5.41, 5.74) is 0. The molecule has 11 heteroatoms. The van der Waals surface area contributed by atoms with Crippen molar-refractivity contribution in [3.63, 3.8) is 0 Å². The predicted octanol–water partition coefficient (Wildman–Crippen LogP) is 5.99. The van der Waals surface area contributed by atoms with E-state index in [0.29, 0.717) is 0 Å². The maximum atomic E-state index is 9.87. The summed E-state index contributed by atoms with van der Waals surface area (Å²) in [7, 11) is -10.7. The first-order valence-corrected chi connectivity index (χ1v) is 6.88. The molecule has 0 saturated heterocycles. The van der Waals surface area contributed by atoms with Gasteiger partial charge in [0, 0.05) is 20.8 Å². The van der Waals surface area contributed by atoms with E-state index in [9.17, 15) is 25.2 Å². The molecule has 5 radical (unpaired) electrons. The van der Waals surface area contributed by atoms with Gasteiger partial charge in [-0.1, -0.05) is 0 Å². The van der Waals surface area contributed by atoms with E-state index in [1.165, 1.54) is 20.8 Å². The van der Waals surface area contributed by atoms with Gasteiger partial charge < -0.3 is 0 Å². The molecule has 22 heavy (non-hydrogen) atoms. The van der Waals surface area contributed by atoms with Crippen molar-refractivity contribution in [1.82, 2.24) is 0 Å². The average molecular weight is 434 g/mol. The van der Waals surface area contributed by atoms with Gasteiger partial charge in [-0.3, -0.25) is 0 Å². The van der Waals surface area contributed by atoms with Crippen molar-refractivity contribution in [3.8, 4) is 18.2 Å². The third-order valence-electron chi connectivity index (χ3n) is 0.556. The van der Waals surface area contributed by atoms with Crippen molar-refractivity contribution in [3.05, 3.63) is 32.1 Å². The number of halogens is 6. The van der Waals surface area contributed by atoms with Crippen LogP contribution in [0.4, 0.5) is 25.2 Å². The fourth-order valence-corrected chi connectivity index (χ4v) is 0.321. The Morgan fingerprint density at radius 3 is 0.682 bits per heavy atom. The summed E-state index contributed by atoms with van der Waals surface area (Å²) in [6.45, 7) is 4.29. The predicted molar refractivity (Wildman–Crippen MR) is 68.9 cm³/mol. The van der Waals surface area contributed by atoms with Crippen LogP contribution in [0.2, 0.25) is 0 Å². The zero-order valence-electron chi connectivity index (χ0n) is 11.8. The van der Waals surface area contributed by atoms with Gasteiger partial charge in [0.2, 0.25) is 0 Å². The third-order valence-corrected chi connectivity index (χ3v) is 0.556. The van der Waals surface area contributed by atoms with Gasteiger partial charge in [-0.15, -0.1) is 0 Å². The van der Waals surface area contributed by atoms with E-state index in [0.717, 1.165) is 0 Å². The van der Waals surface area contributed by atoms with Crippen molar-refractivity contribution in [2.45, 2.75) is 20.8 Å². The van der Waals surface area contributed by atoms with Crippen LogP contribution in [0.25, 0.3) is 0 Å². The van der Waals surface area contributed by atoms with Crippen molar-refractivity contribution in [2.75, 3.05) is 0 Å². The molecule has 0 aromatic heterocycles. The van der Waals surface area contributed by atoms with E-state index in [1.807, 2.05) is 32.1 Å². The number of hydrogen-bond acceptors (Lipinski definition) is 3. The molecule has 1 fully saturated rings. The van der Waals surface area contributed by atoms with E-state index >= 15 is 0 Å². The zero-order chi connectivity index (χ0) is 18.1. The van der Waals surface area contributed by atoms with Crippen LogP contribution in [0.15, 0.2) is 0 Å². The van der Waals surface area contributed by atoms with Gasteiger partial charge in [0.05, 0.1) is 18.2 Å². The SMILES string of the molecule is CC#N.CC#N.CC#N.F[P-](F)(F)(F)(F)F.[CH]1[CH][CH][CH][CH]1.[Ru+2]. The van der Waals surface area contributed by atoms with Crippen LogP contribution >= 0.6 is 7.81 Å². The van der Waals surface area contributed by atoms with Crippen LogP contribution in [0, 0.1) is 66.1 Å². The van der Waals surface area contributed by atoms with E-state index in [4.69, 9.17) is 15.8 Å². The second-order valence-electron chi connectivity index (χ2n) is 2.59.